The van der Waals surface area contributed by atoms with E-state index in [-0.39, 0.29) is 5.69 Å². The smallest absolute Gasteiger partial charge is 0.346 e. The van der Waals surface area contributed by atoms with Gasteiger partial charge < -0.3 is 9.64 Å². The molecule has 188 valence electrons. The summed E-state index contributed by atoms with van der Waals surface area (Å²) >= 11 is 3.71. The Kier molecular flexibility index (Phi) is 9.21. The Morgan fingerprint density at radius 3 is 2.54 bits per heavy atom. The van der Waals surface area contributed by atoms with Crippen LogP contribution >= 0.6 is 15.9 Å². The van der Waals surface area contributed by atoms with Crippen molar-refractivity contribution in [3.05, 3.63) is 80.4 Å². The molecular weight excluding hydrogens is 504 g/mol. The first kappa shape index (κ1) is 25.7. The van der Waals surface area contributed by atoms with Crippen molar-refractivity contribution >= 4 is 15.9 Å². The molecule has 0 unspecified atom stereocenters. The van der Waals surface area contributed by atoms with Gasteiger partial charge >= 0.3 is 5.69 Å². The van der Waals surface area contributed by atoms with Crippen LogP contribution in [-0.2, 0) is 19.5 Å². The third-order valence-corrected chi connectivity index (χ3v) is 7.70. The summed E-state index contributed by atoms with van der Waals surface area (Å²) in [6.45, 7) is 9.29. The van der Waals surface area contributed by atoms with Gasteiger partial charge in [-0.15, -0.1) is 0 Å². The number of likely N-dealkylation sites (tertiary alicyclic amines) is 1. The van der Waals surface area contributed by atoms with Crippen LogP contribution in [0.15, 0.2) is 57.8 Å². The normalized spacial score (nSPS) is 14.9. The summed E-state index contributed by atoms with van der Waals surface area (Å²) in [7, 11) is 0. The second-order valence-corrected chi connectivity index (χ2v) is 10.4. The highest BCUT2D eigenvalue weighted by molar-refractivity contribution is 9.10. The molecule has 0 atom stereocenters. The zero-order chi connectivity index (χ0) is 24.6. The van der Waals surface area contributed by atoms with Crippen LogP contribution in [0.5, 0.6) is 5.75 Å². The van der Waals surface area contributed by atoms with E-state index in [1.165, 1.54) is 22.9 Å². The molecule has 1 aliphatic rings. The summed E-state index contributed by atoms with van der Waals surface area (Å²) < 4.78 is 10.3. The summed E-state index contributed by atoms with van der Waals surface area (Å²) in [5.74, 6) is 2.45. The Hall–Kier alpha value is -2.38. The van der Waals surface area contributed by atoms with Crippen molar-refractivity contribution < 1.29 is 4.74 Å². The van der Waals surface area contributed by atoms with Crippen LogP contribution < -0.4 is 10.4 Å². The second-order valence-electron chi connectivity index (χ2n) is 9.51. The monoisotopic (exact) mass is 540 g/mol. The number of aryl methyl sites for hydroxylation is 2. The second kappa shape index (κ2) is 12.5. The number of hydrogen-bond donors (Lipinski definition) is 0. The number of nitrogens with zero attached hydrogens (tertiary/aromatic N) is 4. The van der Waals surface area contributed by atoms with Crippen molar-refractivity contribution in [2.75, 3.05) is 26.2 Å². The standard InChI is InChI=1S/C28H37BrN4O2/c1-3-35-26-11-12-27(29)25(20-26)19-23-13-17-31(18-14-23)15-7-8-16-33-28(34)32(22(2)30-33)21-24-9-5-4-6-10-24/h4-6,9-12,20,23H,3,7-8,13-19,21H2,1-2H3. The number of benzene rings is 2. The quantitative estimate of drug-likeness (QED) is 0.310. The molecule has 0 radical (unpaired) electrons. The van der Waals surface area contributed by atoms with Gasteiger partial charge in [-0.2, -0.15) is 5.10 Å². The number of piperidine rings is 1. The van der Waals surface area contributed by atoms with Gasteiger partial charge in [0.05, 0.1) is 13.2 Å². The fourth-order valence-corrected chi connectivity index (χ4v) is 5.34. The maximum absolute atomic E-state index is 12.8. The molecule has 2 aromatic carbocycles. The number of aromatic nitrogens is 3. The van der Waals surface area contributed by atoms with Crippen LogP contribution in [0.25, 0.3) is 0 Å². The Bertz CT molecular complexity index is 1130. The minimum Gasteiger partial charge on any atom is -0.494 e. The molecule has 4 rings (SSSR count). The third-order valence-electron chi connectivity index (χ3n) is 6.93. The van der Waals surface area contributed by atoms with Gasteiger partial charge in [-0.1, -0.05) is 46.3 Å². The Balaban J connectivity index is 1.19. The summed E-state index contributed by atoms with van der Waals surface area (Å²) in [6, 6.07) is 16.4. The van der Waals surface area contributed by atoms with E-state index in [0.29, 0.717) is 19.7 Å². The van der Waals surface area contributed by atoms with Crippen LogP contribution in [0.2, 0.25) is 0 Å². The van der Waals surface area contributed by atoms with Crippen molar-refractivity contribution in [1.82, 2.24) is 19.2 Å². The summed E-state index contributed by atoms with van der Waals surface area (Å²) in [6.07, 6.45) is 5.62. The van der Waals surface area contributed by atoms with E-state index in [1.807, 2.05) is 50.2 Å². The number of rotatable bonds is 11. The molecule has 1 saturated heterocycles. The van der Waals surface area contributed by atoms with E-state index < -0.39 is 0 Å². The van der Waals surface area contributed by atoms with Gasteiger partial charge in [0.1, 0.15) is 11.6 Å². The largest absolute Gasteiger partial charge is 0.494 e. The molecule has 7 heteroatoms. The molecule has 1 fully saturated rings. The molecule has 0 aliphatic carbocycles. The molecule has 0 bridgehead atoms. The lowest BCUT2D eigenvalue weighted by Crippen LogP contribution is -2.35. The molecule has 0 spiro atoms. The van der Waals surface area contributed by atoms with Crippen LogP contribution in [0.3, 0.4) is 0 Å². The van der Waals surface area contributed by atoms with E-state index in [9.17, 15) is 4.79 Å². The molecule has 0 saturated carbocycles. The van der Waals surface area contributed by atoms with E-state index >= 15 is 0 Å². The predicted molar refractivity (Wildman–Crippen MR) is 144 cm³/mol. The molecule has 6 nitrogen and oxygen atoms in total. The average molecular weight is 542 g/mol. The van der Waals surface area contributed by atoms with Gasteiger partial charge in [-0.25, -0.2) is 9.48 Å². The summed E-state index contributed by atoms with van der Waals surface area (Å²) in [4.78, 5) is 15.4. The molecule has 35 heavy (non-hydrogen) atoms. The lowest BCUT2D eigenvalue weighted by Gasteiger charge is -2.32. The van der Waals surface area contributed by atoms with Crippen LogP contribution in [0, 0.1) is 12.8 Å². The third kappa shape index (κ3) is 7.07. The Labute approximate surface area is 217 Å². The number of halogens is 1. The Morgan fingerprint density at radius 1 is 1.06 bits per heavy atom. The first-order chi connectivity index (χ1) is 17.0. The van der Waals surface area contributed by atoms with Crippen molar-refractivity contribution in [1.29, 1.82) is 0 Å². The molecule has 3 aromatic rings. The molecule has 1 aliphatic heterocycles. The van der Waals surface area contributed by atoms with Gasteiger partial charge in [0.25, 0.3) is 0 Å². The van der Waals surface area contributed by atoms with Gasteiger partial charge in [-0.05, 0) is 101 Å². The Morgan fingerprint density at radius 2 is 1.80 bits per heavy atom. The maximum atomic E-state index is 12.8. The van der Waals surface area contributed by atoms with Crippen LogP contribution in [0.4, 0.5) is 0 Å². The summed E-state index contributed by atoms with van der Waals surface area (Å²) in [5.41, 5.74) is 2.46. The molecular formula is C28H37BrN4O2. The first-order valence-electron chi connectivity index (χ1n) is 12.8. The SMILES string of the molecule is CCOc1ccc(Br)c(CC2CCN(CCCCn3nc(C)n(Cc4ccccc4)c3=O)CC2)c1. The van der Waals surface area contributed by atoms with Gasteiger partial charge in [-0.3, -0.25) is 4.57 Å². The zero-order valence-corrected chi connectivity index (χ0v) is 22.5. The highest BCUT2D eigenvalue weighted by atomic mass is 79.9. The van der Waals surface area contributed by atoms with Gasteiger partial charge in [0, 0.05) is 11.0 Å². The minimum atomic E-state index is -0.00765. The van der Waals surface area contributed by atoms with Crippen molar-refractivity contribution in [2.45, 2.75) is 59.0 Å². The van der Waals surface area contributed by atoms with Crippen LogP contribution in [0.1, 0.15) is 49.6 Å². The maximum Gasteiger partial charge on any atom is 0.346 e. The molecule has 0 N–H and O–H groups in total. The van der Waals surface area contributed by atoms with Crippen LogP contribution in [-0.4, -0.2) is 45.5 Å². The molecule has 0 amide bonds. The lowest BCUT2D eigenvalue weighted by molar-refractivity contribution is 0.180. The van der Waals surface area contributed by atoms with Crippen molar-refractivity contribution in [3.63, 3.8) is 0 Å². The first-order valence-corrected chi connectivity index (χ1v) is 13.6. The number of unbranched alkanes of at least 4 members (excludes halogenated alkanes) is 1. The number of hydrogen-bond acceptors (Lipinski definition) is 4. The average Bonchev–Trinajstić information content (AvgIpc) is 3.13. The van der Waals surface area contributed by atoms with E-state index in [2.05, 4.69) is 38.1 Å². The van der Waals surface area contributed by atoms with Crippen molar-refractivity contribution in [2.24, 2.45) is 5.92 Å². The topological polar surface area (TPSA) is 52.3 Å². The minimum absolute atomic E-state index is 0.00765. The highest BCUT2D eigenvalue weighted by Crippen LogP contribution is 2.29. The zero-order valence-electron chi connectivity index (χ0n) is 21.0. The fraction of sp³-hybridized carbons (Fsp3) is 0.500. The van der Waals surface area contributed by atoms with E-state index in [1.54, 1.807) is 9.25 Å². The summed E-state index contributed by atoms with van der Waals surface area (Å²) in [5, 5.41) is 4.51. The van der Waals surface area contributed by atoms with Gasteiger partial charge in [0.15, 0.2) is 0 Å². The number of ether oxygens (including phenoxy) is 1. The lowest BCUT2D eigenvalue weighted by atomic mass is 9.90. The van der Waals surface area contributed by atoms with Gasteiger partial charge in [0.2, 0.25) is 0 Å². The fourth-order valence-electron chi connectivity index (χ4n) is 4.93. The van der Waals surface area contributed by atoms with Crippen molar-refractivity contribution in [3.8, 4) is 5.75 Å². The predicted octanol–water partition coefficient (Wildman–Crippen LogP) is 5.30. The van der Waals surface area contributed by atoms with E-state index in [0.717, 1.165) is 62.0 Å². The molecule has 2 heterocycles. The molecule has 1 aromatic heterocycles. The highest BCUT2D eigenvalue weighted by Gasteiger charge is 2.20. The van der Waals surface area contributed by atoms with E-state index in [4.69, 9.17) is 4.74 Å².